The molecule has 3 N–H and O–H groups in total. The van der Waals surface area contributed by atoms with Gasteiger partial charge in [-0.2, -0.15) is 0 Å². The summed E-state index contributed by atoms with van der Waals surface area (Å²) in [6, 6.07) is 12.8. The third-order valence-electron chi connectivity index (χ3n) is 4.44. The summed E-state index contributed by atoms with van der Waals surface area (Å²) >= 11 is 0. The summed E-state index contributed by atoms with van der Waals surface area (Å²) in [5.41, 5.74) is 3.39. The molecule has 0 atom stereocenters. The highest BCUT2D eigenvalue weighted by Gasteiger charge is 2.11. The van der Waals surface area contributed by atoms with Crippen molar-refractivity contribution >= 4 is 21.7 Å². The molecule has 0 radical (unpaired) electrons. The van der Waals surface area contributed by atoms with Crippen LogP contribution in [0.25, 0.3) is 0 Å². The molecule has 2 aromatic rings. The molecular formula is C21H28N4O3S. The van der Waals surface area contributed by atoms with Crippen LogP contribution in [0.4, 0.5) is 0 Å². The topological polar surface area (TPSA) is 99.7 Å². The number of aliphatic imine (C=N–C) groups is 1. The Balaban J connectivity index is 1.89. The van der Waals surface area contributed by atoms with E-state index in [0.717, 1.165) is 23.1 Å². The van der Waals surface area contributed by atoms with Crippen LogP contribution in [0.1, 0.15) is 27.0 Å². The average Bonchev–Trinajstić information content (AvgIpc) is 2.69. The minimum absolute atomic E-state index is 0.102. The van der Waals surface area contributed by atoms with Gasteiger partial charge in [0.1, 0.15) is 0 Å². The van der Waals surface area contributed by atoms with E-state index in [1.807, 2.05) is 24.3 Å². The van der Waals surface area contributed by atoms with Gasteiger partial charge in [0.2, 0.25) is 0 Å². The standard InChI is InChI=1S/C21H28N4O3S/c1-15-12-17(8-9-19(15)29(4,27)28)14-25-21(23-3)24-11-10-16-6-5-7-18(13-16)20(26)22-2/h5-9,12-13H,10-11,14H2,1-4H3,(H,22,26)(H2,23,24,25). The molecule has 0 fully saturated rings. The van der Waals surface area contributed by atoms with Crippen molar-refractivity contribution in [1.82, 2.24) is 16.0 Å². The zero-order chi connectivity index (χ0) is 21.4. The van der Waals surface area contributed by atoms with E-state index in [4.69, 9.17) is 0 Å². The highest BCUT2D eigenvalue weighted by molar-refractivity contribution is 7.90. The summed E-state index contributed by atoms with van der Waals surface area (Å²) in [5.74, 6) is 0.548. The molecule has 8 heteroatoms. The van der Waals surface area contributed by atoms with Gasteiger partial charge in [0.25, 0.3) is 5.91 Å². The first kappa shape index (κ1) is 22.4. The lowest BCUT2D eigenvalue weighted by atomic mass is 10.1. The number of guanidine groups is 1. The van der Waals surface area contributed by atoms with E-state index in [0.29, 0.717) is 29.5 Å². The number of carbonyl (C=O) groups excluding carboxylic acids is 1. The smallest absolute Gasteiger partial charge is 0.251 e. The van der Waals surface area contributed by atoms with Gasteiger partial charge in [-0.15, -0.1) is 0 Å². The fraction of sp³-hybridized carbons (Fsp3) is 0.333. The number of rotatable bonds is 7. The Morgan fingerprint density at radius 3 is 2.45 bits per heavy atom. The second-order valence-corrected chi connectivity index (χ2v) is 8.74. The van der Waals surface area contributed by atoms with Crippen molar-refractivity contribution in [2.24, 2.45) is 4.99 Å². The number of nitrogens with one attached hydrogen (secondary N) is 3. The quantitative estimate of drug-likeness (QED) is 0.471. The monoisotopic (exact) mass is 416 g/mol. The van der Waals surface area contributed by atoms with E-state index in [9.17, 15) is 13.2 Å². The van der Waals surface area contributed by atoms with Crippen LogP contribution in [0.5, 0.6) is 0 Å². The van der Waals surface area contributed by atoms with E-state index in [1.165, 1.54) is 6.26 Å². The molecule has 0 aliphatic carbocycles. The van der Waals surface area contributed by atoms with Crippen LogP contribution >= 0.6 is 0 Å². The zero-order valence-corrected chi connectivity index (χ0v) is 18.1. The van der Waals surface area contributed by atoms with Crippen molar-refractivity contribution < 1.29 is 13.2 Å². The van der Waals surface area contributed by atoms with Gasteiger partial charge in [-0.05, 0) is 48.2 Å². The lowest BCUT2D eigenvalue weighted by molar-refractivity contribution is 0.0963. The van der Waals surface area contributed by atoms with Gasteiger partial charge >= 0.3 is 0 Å². The van der Waals surface area contributed by atoms with Crippen molar-refractivity contribution in [2.75, 3.05) is 26.9 Å². The highest BCUT2D eigenvalue weighted by Crippen LogP contribution is 2.16. The molecule has 1 amide bonds. The number of hydrogen-bond acceptors (Lipinski definition) is 4. The Bertz CT molecular complexity index is 1000. The summed E-state index contributed by atoms with van der Waals surface area (Å²) < 4.78 is 23.4. The third kappa shape index (κ3) is 6.60. The van der Waals surface area contributed by atoms with Gasteiger partial charge in [-0.3, -0.25) is 9.79 Å². The fourth-order valence-electron chi connectivity index (χ4n) is 2.98. The van der Waals surface area contributed by atoms with Gasteiger partial charge in [0, 0.05) is 39.0 Å². The molecule has 2 aromatic carbocycles. The van der Waals surface area contributed by atoms with Gasteiger partial charge < -0.3 is 16.0 Å². The maximum atomic E-state index is 11.7. The van der Waals surface area contributed by atoms with Crippen LogP contribution in [0.15, 0.2) is 52.4 Å². The Morgan fingerprint density at radius 2 is 1.83 bits per heavy atom. The van der Waals surface area contributed by atoms with Crippen LogP contribution in [-0.4, -0.2) is 47.2 Å². The first-order chi connectivity index (χ1) is 13.7. The number of aryl methyl sites for hydroxylation is 1. The third-order valence-corrected chi connectivity index (χ3v) is 5.70. The molecule has 2 rings (SSSR count). The molecule has 0 saturated heterocycles. The molecule has 0 spiro atoms. The van der Waals surface area contributed by atoms with Crippen LogP contribution in [0.2, 0.25) is 0 Å². The van der Waals surface area contributed by atoms with E-state index >= 15 is 0 Å². The second kappa shape index (κ2) is 10.1. The first-order valence-electron chi connectivity index (χ1n) is 9.29. The summed E-state index contributed by atoms with van der Waals surface area (Å²) in [5, 5.41) is 9.09. The number of amides is 1. The predicted octanol–water partition coefficient (Wildman–Crippen LogP) is 1.67. The van der Waals surface area contributed by atoms with E-state index in [2.05, 4.69) is 20.9 Å². The maximum absolute atomic E-state index is 11.7. The zero-order valence-electron chi connectivity index (χ0n) is 17.2. The van der Waals surface area contributed by atoms with Gasteiger partial charge in [0.05, 0.1) is 4.90 Å². The first-order valence-corrected chi connectivity index (χ1v) is 11.2. The Labute approximate surface area is 172 Å². The molecule has 0 bridgehead atoms. The lowest BCUT2D eigenvalue weighted by Crippen LogP contribution is -2.37. The normalized spacial score (nSPS) is 11.8. The molecule has 0 unspecified atom stereocenters. The summed E-state index contributed by atoms with van der Waals surface area (Å²) in [6.07, 6.45) is 1.96. The van der Waals surface area contributed by atoms with Crippen LogP contribution in [-0.2, 0) is 22.8 Å². The van der Waals surface area contributed by atoms with E-state index < -0.39 is 9.84 Å². The van der Waals surface area contributed by atoms with Crippen molar-refractivity contribution in [3.05, 3.63) is 64.7 Å². The fourth-order valence-corrected chi connectivity index (χ4v) is 3.94. The second-order valence-electron chi connectivity index (χ2n) is 6.75. The number of carbonyl (C=O) groups is 1. The summed E-state index contributed by atoms with van der Waals surface area (Å²) in [6.45, 7) is 2.97. The molecule has 156 valence electrons. The summed E-state index contributed by atoms with van der Waals surface area (Å²) in [4.78, 5) is 16.3. The lowest BCUT2D eigenvalue weighted by Gasteiger charge is -2.13. The largest absolute Gasteiger partial charge is 0.356 e. The van der Waals surface area contributed by atoms with Crippen LogP contribution in [0, 0.1) is 6.92 Å². The number of hydrogen-bond donors (Lipinski definition) is 3. The van der Waals surface area contributed by atoms with Crippen molar-refractivity contribution in [2.45, 2.75) is 24.8 Å². The van der Waals surface area contributed by atoms with Crippen molar-refractivity contribution in [3.63, 3.8) is 0 Å². The molecule has 0 aliphatic rings. The molecule has 0 aromatic heterocycles. The van der Waals surface area contributed by atoms with Crippen molar-refractivity contribution in [1.29, 1.82) is 0 Å². The van der Waals surface area contributed by atoms with E-state index in [1.54, 1.807) is 39.2 Å². The predicted molar refractivity (Wildman–Crippen MR) is 116 cm³/mol. The van der Waals surface area contributed by atoms with Crippen LogP contribution < -0.4 is 16.0 Å². The Kier molecular flexibility index (Phi) is 7.78. The molecule has 0 saturated carbocycles. The minimum atomic E-state index is -3.22. The molecule has 0 heterocycles. The number of benzene rings is 2. The molecule has 29 heavy (non-hydrogen) atoms. The van der Waals surface area contributed by atoms with Gasteiger partial charge in [0.15, 0.2) is 15.8 Å². The summed E-state index contributed by atoms with van der Waals surface area (Å²) in [7, 11) is 0.0911. The van der Waals surface area contributed by atoms with Gasteiger partial charge in [-0.25, -0.2) is 8.42 Å². The van der Waals surface area contributed by atoms with Crippen molar-refractivity contribution in [3.8, 4) is 0 Å². The minimum Gasteiger partial charge on any atom is -0.356 e. The maximum Gasteiger partial charge on any atom is 0.251 e. The molecule has 0 aliphatic heterocycles. The highest BCUT2D eigenvalue weighted by atomic mass is 32.2. The average molecular weight is 417 g/mol. The molecular weight excluding hydrogens is 388 g/mol. The number of nitrogens with zero attached hydrogens (tertiary/aromatic N) is 1. The SMILES string of the molecule is CN=C(NCCc1cccc(C(=O)NC)c1)NCc1ccc(S(C)(=O)=O)c(C)c1. The molecule has 7 nitrogen and oxygen atoms in total. The van der Waals surface area contributed by atoms with E-state index in [-0.39, 0.29) is 5.91 Å². The van der Waals surface area contributed by atoms with Gasteiger partial charge in [-0.1, -0.05) is 24.3 Å². The van der Waals surface area contributed by atoms with Crippen LogP contribution in [0.3, 0.4) is 0 Å². The number of sulfone groups is 1. The Morgan fingerprint density at radius 1 is 1.07 bits per heavy atom. The Hall–Kier alpha value is -2.87.